The summed E-state index contributed by atoms with van der Waals surface area (Å²) in [4.78, 5) is 24.6. The van der Waals surface area contributed by atoms with E-state index in [9.17, 15) is 9.59 Å². The van der Waals surface area contributed by atoms with E-state index in [0.717, 1.165) is 11.3 Å². The van der Waals surface area contributed by atoms with Crippen LogP contribution in [0.4, 0.5) is 0 Å². The molecule has 2 aromatic heterocycles. The number of carbonyl (C=O) groups excluding carboxylic acids is 1. The van der Waals surface area contributed by atoms with Gasteiger partial charge in [0.1, 0.15) is 12.4 Å². The van der Waals surface area contributed by atoms with E-state index in [1.165, 1.54) is 4.68 Å². The second kappa shape index (κ2) is 7.77. The molecule has 0 spiro atoms. The highest BCUT2D eigenvalue weighted by atomic mass is 16.2. The second-order valence-electron chi connectivity index (χ2n) is 6.03. The lowest BCUT2D eigenvalue weighted by molar-refractivity contribution is -0.121. The molecule has 1 N–H and O–H groups in total. The molecule has 2 heterocycles. The van der Waals surface area contributed by atoms with Gasteiger partial charge in [-0.3, -0.25) is 14.0 Å². The molecule has 0 saturated carbocycles. The van der Waals surface area contributed by atoms with Gasteiger partial charge in [-0.15, -0.1) is 5.10 Å². The first kappa shape index (κ1) is 17.6. The summed E-state index contributed by atoms with van der Waals surface area (Å²) in [5.41, 5.74) is 1.53. The Morgan fingerprint density at radius 2 is 1.96 bits per heavy atom. The highest BCUT2D eigenvalue weighted by molar-refractivity contribution is 5.75. The molecule has 26 heavy (non-hydrogen) atoms. The summed E-state index contributed by atoms with van der Waals surface area (Å²) in [6.45, 7) is 4.84. The number of carbonyl (C=O) groups is 1. The summed E-state index contributed by atoms with van der Waals surface area (Å²) in [7, 11) is 0. The number of benzene rings is 1. The second-order valence-corrected chi connectivity index (χ2v) is 6.03. The number of rotatable bonds is 7. The van der Waals surface area contributed by atoms with Gasteiger partial charge in [0.2, 0.25) is 5.91 Å². The molecule has 9 nitrogen and oxygen atoms in total. The zero-order valence-corrected chi connectivity index (χ0v) is 14.8. The predicted molar refractivity (Wildman–Crippen MR) is 94.5 cm³/mol. The number of hydrogen-bond donors (Lipinski definition) is 1. The van der Waals surface area contributed by atoms with Crippen molar-refractivity contribution in [3.05, 3.63) is 64.1 Å². The number of aryl methyl sites for hydroxylation is 2. The first-order valence-corrected chi connectivity index (χ1v) is 8.34. The Labute approximate surface area is 150 Å². The van der Waals surface area contributed by atoms with Crippen LogP contribution in [-0.4, -0.2) is 41.8 Å². The lowest BCUT2D eigenvalue weighted by Gasteiger charge is -2.04. The Kier molecular flexibility index (Phi) is 5.26. The molecule has 136 valence electrons. The molecule has 3 aromatic rings. The Morgan fingerprint density at radius 1 is 1.19 bits per heavy atom. The van der Waals surface area contributed by atoms with Crippen molar-refractivity contribution >= 4 is 5.91 Å². The molecule has 0 aliphatic rings. The van der Waals surface area contributed by atoms with Crippen LogP contribution in [0, 0.1) is 13.8 Å². The third kappa shape index (κ3) is 4.24. The van der Waals surface area contributed by atoms with Crippen molar-refractivity contribution in [2.24, 2.45) is 0 Å². The molecule has 0 fully saturated rings. The third-order valence-corrected chi connectivity index (χ3v) is 3.90. The van der Waals surface area contributed by atoms with E-state index in [4.69, 9.17) is 0 Å². The minimum Gasteiger partial charge on any atom is -0.353 e. The first-order chi connectivity index (χ1) is 12.5. The molecule has 0 unspecified atom stereocenters. The van der Waals surface area contributed by atoms with Gasteiger partial charge in [0, 0.05) is 12.7 Å². The molecular weight excluding hydrogens is 334 g/mol. The molecule has 0 aliphatic carbocycles. The molecule has 0 atom stereocenters. The fraction of sp³-hybridized carbons (Fsp3) is 0.353. The minimum atomic E-state index is -0.298. The van der Waals surface area contributed by atoms with Crippen LogP contribution in [0.1, 0.15) is 17.1 Å². The van der Waals surface area contributed by atoms with Gasteiger partial charge in [-0.1, -0.05) is 35.5 Å². The third-order valence-electron chi connectivity index (χ3n) is 3.90. The average Bonchev–Trinajstić information content (AvgIpc) is 3.14. The van der Waals surface area contributed by atoms with Gasteiger partial charge in [0.25, 0.3) is 0 Å². The van der Waals surface area contributed by atoms with E-state index >= 15 is 0 Å². The number of amides is 1. The number of nitrogens with zero attached hydrogens (tertiary/aromatic N) is 6. The van der Waals surface area contributed by atoms with Crippen LogP contribution in [0.5, 0.6) is 0 Å². The van der Waals surface area contributed by atoms with Gasteiger partial charge >= 0.3 is 5.69 Å². The van der Waals surface area contributed by atoms with Crippen LogP contribution in [0.25, 0.3) is 0 Å². The lowest BCUT2D eigenvalue weighted by atomic mass is 10.2. The van der Waals surface area contributed by atoms with Crippen molar-refractivity contribution in [2.75, 3.05) is 6.54 Å². The summed E-state index contributed by atoms with van der Waals surface area (Å²) < 4.78 is 4.40. The smallest absolute Gasteiger partial charge is 0.346 e. The molecule has 0 saturated heterocycles. The van der Waals surface area contributed by atoms with Gasteiger partial charge in [0.05, 0.1) is 18.8 Å². The van der Waals surface area contributed by atoms with Gasteiger partial charge in [-0.25, -0.2) is 9.48 Å². The monoisotopic (exact) mass is 355 g/mol. The van der Waals surface area contributed by atoms with E-state index in [-0.39, 0.29) is 18.1 Å². The fourth-order valence-electron chi connectivity index (χ4n) is 2.61. The maximum Gasteiger partial charge on any atom is 0.346 e. The van der Waals surface area contributed by atoms with Crippen LogP contribution in [0.3, 0.4) is 0 Å². The van der Waals surface area contributed by atoms with Crippen molar-refractivity contribution < 1.29 is 4.79 Å². The van der Waals surface area contributed by atoms with E-state index in [0.29, 0.717) is 25.5 Å². The number of nitrogens with one attached hydrogen (secondary N) is 1. The van der Waals surface area contributed by atoms with Gasteiger partial charge < -0.3 is 5.32 Å². The van der Waals surface area contributed by atoms with E-state index in [1.807, 2.05) is 37.3 Å². The zero-order chi connectivity index (χ0) is 18.5. The average molecular weight is 355 g/mol. The summed E-state index contributed by atoms with van der Waals surface area (Å²) in [6.07, 6.45) is 1.80. The minimum absolute atomic E-state index is 0.113. The predicted octanol–water partition coefficient (Wildman–Crippen LogP) is 0.118. The van der Waals surface area contributed by atoms with Crippen LogP contribution < -0.4 is 11.0 Å². The number of aromatic nitrogens is 6. The molecule has 0 radical (unpaired) electrons. The maximum atomic E-state index is 12.5. The van der Waals surface area contributed by atoms with Crippen molar-refractivity contribution in [3.8, 4) is 0 Å². The standard InChI is InChI=1S/C17H21N7O2/c1-13-10-22(21-19-13)9-8-18-16(25)12-24-17(26)23(14(2)20-24)11-15-6-4-3-5-7-15/h3-7,10H,8-9,11-12H2,1-2H3,(H,18,25). The van der Waals surface area contributed by atoms with Crippen molar-refractivity contribution in [1.29, 1.82) is 0 Å². The maximum absolute atomic E-state index is 12.5. The Morgan fingerprint density at radius 3 is 2.65 bits per heavy atom. The molecular formula is C17H21N7O2. The fourth-order valence-corrected chi connectivity index (χ4v) is 2.61. The van der Waals surface area contributed by atoms with Crippen LogP contribution in [-0.2, 0) is 24.4 Å². The molecule has 1 aromatic carbocycles. The number of hydrogen-bond acceptors (Lipinski definition) is 5. The molecule has 1 amide bonds. The first-order valence-electron chi connectivity index (χ1n) is 8.34. The van der Waals surface area contributed by atoms with Crippen molar-refractivity contribution in [1.82, 2.24) is 34.7 Å². The van der Waals surface area contributed by atoms with Gasteiger partial charge in [0.15, 0.2) is 0 Å². The molecule has 3 rings (SSSR count). The quantitative estimate of drug-likeness (QED) is 0.649. The van der Waals surface area contributed by atoms with E-state index in [2.05, 4.69) is 20.7 Å². The highest BCUT2D eigenvalue weighted by Crippen LogP contribution is 2.02. The van der Waals surface area contributed by atoms with Crippen molar-refractivity contribution in [3.63, 3.8) is 0 Å². The molecule has 9 heteroatoms. The Hall–Kier alpha value is -3.23. The molecule has 0 aliphatic heterocycles. The zero-order valence-electron chi connectivity index (χ0n) is 14.8. The Balaban J connectivity index is 1.58. The summed E-state index contributed by atoms with van der Waals surface area (Å²) >= 11 is 0. The van der Waals surface area contributed by atoms with E-state index in [1.54, 1.807) is 22.4 Å². The van der Waals surface area contributed by atoms with E-state index < -0.39 is 0 Å². The topological polar surface area (TPSA) is 99.6 Å². The van der Waals surface area contributed by atoms with Crippen LogP contribution in [0.15, 0.2) is 41.3 Å². The van der Waals surface area contributed by atoms with Crippen LogP contribution >= 0.6 is 0 Å². The lowest BCUT2D eigenvalue weighted by Crippen LogP contribution is -2.35. The van der Waals surface area contributed by atoms with Gasteiger partial charge in [-0.2, -0.15) is 5.10 Å². The normalized spacial score (nSPS) is 10.8. The largest absolute Gasteiger partial charge is 0.353 e. The van der Waals surface area contributed by atoms with Crippen LogP contribution in [0.2, 0.25) is 0 Å². The van der Waals surface area contributed by atoms with Gasteiger partial charge in [-0.05, 0) is 19.4 Å². The summed E-state index contributed by atoms with van der Waals surface area (Å²) in [6, 6.07) is 9.66. The molecule has 0 bridgehead atoms. The SMILES string of the molecule is Cc1cn(CCNC(=O)Cn2nc(C)n(Cc3ccccc3)c2=O)nn1. The summed E-state index contributed by atoms with van der Waals surface area (Å²) in [5.74, 6) is 0.304. The Bertz CT molecular complexity index is 940. The van der Waals surface area contributed by atoms with Crippen molar-refractivity contribution in [2.45, 2.75) is 33.5 Å². The summed E-state index contributed by atoms with van der Waals surface area (Å²) in [5, 5.41) is 14.7. The highest BCUT2D eigenvalue weighted by Gasteiger charge is 2.13.